The van der Waals surface area contributed by atoms with E-state index in [4.69, 9.17) is 19.3 Å². The van der Waals surface area contributed by atoms with Crippen molar-refractivity contribution >= 4 is 11.9 Å². The van der Waals surface area contributed by atoms with Gasteiger partial charge in [-0.05, 0) is 0 Å². The van der Waals surface area contributed by atoms with Crippen molar-refractivity contribution in [3.05, 3.63) is 25.3 Å². The van der Waals surface area contributed by atoms with E-state index < -0.39 is 11.9 Å². The molecule has 1 N–H and O–H groups in total. The smallest absolute Gasteiger partial charge is 0.330 e. The van der Waals surface area contributed by atoms with Crippen LogP contribution in [0, 0.1) is 5.92 Å². The number of carbonyl (C=O) groups excluding carboxylic acids is 2. The maximum absolute atomic E-state index is 10.8. The van der Waals surface area contributed by atoms with E-state index >= 15 is 0 Å². The summed E-state index contributed by atoms with van der Waals surface area (Å²) >= 11 is 0. The Morgan fingerprint density at radius 3 is 2.26 bits per heavy atom. The normalized spacial score (nSPS) is 11.4. The molecule has 0 saturated heterocycles. The summed E-state index contributed by atoms with van der Waals surface area (Å²) in [6, 6.07) is 0. The first-order valence-electron chi connectivity index (χ1n) is 5.91. The Hall–Kier alpha value is -1.66. The molecule has 0 aliphatic carbocycles. The standard InChI is InChI=1S/C13H20O6/c1-3-12(15)18-7-5-6-17-9-11(8-14)10-19-13(16)4-2/h3-4,11,14H,1-2,5-10H2. The highest BCUT2D eigenvalue weighted by Crippen LogP contribution is 1.99. The van der Waals surface area contributed by atoms with Crippen molar-refractivity contribution in [2.24, 2.45) is 5.92 Å². The number of ether oxygens (including phenoxy) is 3. The minimum atomic E-state index is -0.533. The molecule has 0 fully saturated rings. The predicted molar refractivity (Wildman–Crippen MR) is 68.3 cm³/mol. The highest BCUT2D eigenvalue weighted by Gasteiger charge is 2.10. The maximum Gasteiger partial charge on any atom is 0.330 e. The topological polar surface area (TPSA) is 82.1 Å². The Balaban J connectivity index is 3.55. The van der Waals surface area contributed by atoms with Gasteiger partial charge in [-0.1, -0.05) is 13.2 Å². The summed E-state index contributed by atoms with van der Waals surface area (Å²) in [4.78, 5) is 21.5. The van der Waals surface area contributed by atoms with Gasteiger partial charge in [0.1, 0.15) is 0 Å². The highest BCUT2D eigenvalue weighted by molar-refractivity contribution is 5.81. The monoisotopic (exact) mass is 272 g/mol. The van der Waals surface area contributed by atoms with Crippen molar-refractivity contribution in [2.75, 3.05) is 33.0 Å². The molecule has 6 heteroatoms. The molecule has 1 unspecified atom stereocenters. The first kappa shape index (κ1) is 17.3. The minimum absolute atomic E-state index is 0.0762. The number of esters is 2. The quantitative estimate of drug-likeness (QED) is 0.334. The average Bonchev–Trinajstić information content (AvgIpc) is 2.44. The second-order valence-electron chi connectivity index (χ2n) is 3.68. The van der Waals surface area contributed by atoms with E-state index in [0.717, 1.165) is 12.2 Å². The van der Waals surface area contributed by atoms with Crippen molar-refractivity contribution in [3.63, 3.8) is 0 Å². The van der Waals surface area contributed by atoms with Crippen molar-refractivity contribution in [1.29, 1.82) is 0 Å². The summed E-state index contributed by atoms with van der Waals surface area (Å²) in [7, 11) is 0. The largest absolute Gasteiger partial charge is 0.462 e. The Morgan fingerprint density at radius 1 is 1.05 bits per heavy atom. The summed E-state index contributed by atoms with van der Waals surface area (Å²) in [5, 5.41) is 9.04. The highest BCUT2D eigenvalue weighted by atomic mass is 16.5. The van der Waals surface area contributed by atoms with E-state index in [1.54, 1.807) is 0 Å². The predicted octanol–water partition coefficient (Wildman–Crippen LogP) is 0.460. The van der Waals surface area contributed by atoms with Crippen LogP contribution in [0.5, 0.6) is 0 Å². The van der Waals surface area contributed by atoms with E-state index in [2.05, 4.69) is 13.2 Å². The summed E-state index contributed by atoms with van der Waals surface area (Å²) in [6.45, 7) is 7.36. The fraction of sp³-hybridized carbons (Fsp3) is 0.538. The first-order valence-corrected chi connectivity index (χ1v) is 5.91. The average molecular weight is 272 g/mol. The number of aliphatic hydroxyl groups is 1. The van der Waals surface area contributed by atoms with Gasteiger partial charge in [-0.25, -0.2) is 9.59 Å². The van der Waals surface area contributed by atoms with Gasteiger partial charge in [-0.15, -0.1) is 0 Å². The molecule has 0 aromatic carbocycles. The minimum Gasteiger partial charge on any atom is -0.462 e. The molecule has 0 aliphatic heterocycles. The molecule has 0 bridgehead atoms. The van der Waals surface area contributed by atoms with Gasteiger partial charge in [-0.2, -0.15) is 0 Å². The molecule has 0 spiro atoms. The molecule has 19 heavy (non-hydrogen) atoms. The first-order chi connectivity index (χ1) is 9.13. The van der Waals surface area contributed by atoms with Crippen molar-refractivity contribution in [1.82, 2.24) is 0 Å². The Labute approximate surface area is 112 Å². The van der Waals surface area contributed by atoms with Crippen LogP contribution < -0.4 is 0 Å². The lowest BCUT2D eigenvalue weighted by Crippen LogP contribution is -2.22. The third-order valence-corrected chi connectivity index (χ3v) is 2.08. The fourth-order valence-corrected chi connectivity index (χ4v) is 1.06. The van der Waals surface area contributed by atoms with Crippen molar-refractivity contribution < 1.29 is 28.9 Å². The van der Waals surface area contributed by atoms with Gasteiger partial charge in [0, 0.05) is 31.1 Å². The van der Waals surface area contributed by atoms with Crippen LogP contribution >= 0.6 is 0 Å². The lowest BCUT2D eigenvalue weighted by atomic mass is 10.2. The van der Waals surface area contributed by atoms with Crippen molar-refractivity contribution in [3.8, 4) is 0 Å². The van der Waals surface area contributed by atoms with Crippen LogP contribution in [-0.2, 0) is 23.8 Å². The lowest BCUT2D eigenvalue weighted by molar-refractivity contribution is -0.140. The van der Waals surface area contributed by atoms with Gasteiger partial charge in [0.05, 0.1) is 26.4 Å². The number of aliphatic hydroxyl groups excluding tert-OH is 1. The van der Waals surface area contributed by atoms with Crippen LogP contribution in [0.4, 0.5) is 0 Å². The molecule has 0 aromatic rings. The molecule has 0 amide bonds. The van der Waals surface area contributed by atoms with Crippen LogP contribution in [0.25, 0.3) is 0 Å². The molecule has 0 saturated carbocycles. The summed E-state index contributed by atoms with van der Waals surface area (Å²) < 4.78 is 14.8. The molecule has 6 nitrogen and oxygen atoms in total. The van der Waals surface area contributed by atoms with Gasteiger partial charge >= 0.3 is 11.9 Å². The van der Waals surface area contributed by atoms with Crippen LogP contribution in [0.15, 0.2) is 25.3 Å². The number of hydrogen-bond donors (Lipinski definition) is 1. The van der Waals surface area contributed by atoms with Gasteiger partial charge in [-0.3, -0.25) is 0 Å². The second-order valence-corrected chi connectivity index (χ2v) is 3.68. The molecule has 0 aromatic heterocycles. The number of hydrogen-bond acceptors (Lipinski definition) is 6. The van der Waals surface area contributed by atoms with Crippen LogP contribution in [-0.4, -0.2) is 50.1 Å². The van der Waals surface area contributed by atoms with Gasteiger partial charge in [0.15, 0.2) is 0 Å². The van der Waals surface area contributed by atoms with Gasteiger partial charge in [0.2, 0.25) is 0 Å². The third kappa shape index (κ3) is 9.99. The second kappa shape index (κ2) is 11.4. The van der Waals surface area contributed by atoms with Crippen LogP contribution in [0.1, 0.15) is 6.42 Å². The molecule has 0 radical (unpaired) electrons. The Morgan fingerprint density at radius 2 is 1.68 bits per heavy atom. The van der Waals surface area contributed by atoms with Crippen LogP contribution in [0.3, 0.4) is 0 Å². The third-order valence-electron chi connectivity index (χ3n) is 2.08. The zero-order chi connectivity index (χ0) is 14.5. The van der Waals surface area contributed by atoms with E-state index in [-0.39, 0.29) is 32.3 Å². The summed E-state index contributed by atoms with van der Waals surface area (Å²) in [5.41, 5.74) is 0. The molecule has 0 rings (SSSR count). The number of carbonyl (C=O) groups is 2. The fourth-order valence-electron chi connectivity index (χ4n) is 1.06. The van der Waals surface area contributed by atoms with E-state index in [0.29, 0.717) is 13.0 Å². The molecular formula is C13H20O6. The van der Waals surface area contributed by atoms with Crippen molar-refractivity contribution in [2.45, 2.75) is 6.42 Å². The van der Waals surface area contributed by atoms with E-state index in [1.165, 1.54) is 0 Å². The molecule has 0 heterocycles. The summed E-state index contributed by atoms with van der Waals surface area (Å²) in [5.74, 6) is -1.28. The van der Waals surface area contributed by atoms with Crippen LogP contribution in [0.2, 0.25) is 0 Å². The molecule has 108 valence electrons. The number of rotatable bonds is 11. The summed E-state index contributed by atoms with van der Waals surface area (Å²) in [6.07, 6.45) is 2.70. The Kier molecular flexibility index (Phi) is 10.4. The zero-order valence-electron chi connectivity index (χ0n) is 10.9. The Bertz CT molecular complexity index is 300. The zero-order valence-corrected chi connectivity index (χ0v) is 10.9. The lowest BCUT2D eigenvalue weighted by Gasteiger charge is -2.14. The molecule has 0 aliphatic rings. The van der Waals surface area contributed by atoms with Gasteiger partial charge in [0.25, 0.3) is 0 Å². The SMILES string of the molecule is C=CC(=O)OCCCOCC(CO)COC(=O)C=C. The van der Waals surface area contributed by atoms with E-state index in [1.807, 2.05) is 0 Å². The van der Waals surface area contributed by atoms with Gasteiger partial charge < -0.3 is 19.3 Å². The van der Waals surface area contributed by atoms with E-state index in [9.17, 15) is 9.59 Å². The molecule has 1 atom stereocenters. The maximum atomic E-state index is 10.8. The molecular weight excluding hydrogens is 252 g/mol.